The van der Waals surface area contributed by atoms with Crippen LogP contribution in [0.2, 0.25) is 5.02 Å². The van der Waals surface area contributed by atoms with Gasteiger partial charge >= 0.3 is 6.18 Å². The third-order valence-electron chi connectivity index (χ3n) is 7.04. The Morgan fingerprint density at radius 3 is 2.61 bits per heavy atom. The van der Waals surface area contributed by atoms with Crippen molar-refractivity contribution in [2.45, 2.75) is 38.1 Å². The Kier molecular flexibility index (Phi) is 10.1. The lowest BCUT2D eigenvalue weighted by Crippen LogP contribution is -2.52. The first-order valence-corrected chi connectivity index (χ1v) is 13.5. The summed E-state index contributed by atoms with van der Waals surface area (Å²) in [5.41, 5.74) is 0.127. The third kappa shape index (κ3) is 8.06. The first-order chi connectivity index (χ1) is 19.4. The van der Waals surface area contributed by atoms with E-state index in [1.807, 2.05) is 11.8 Å². The summed E-state index contributed by atoms with van der Waals surface area (Å²) < 4.78 is 73.0. The number of hydrogen-bond donors (Lipinski definition) is 3. The molecule has 0 spiro atoms. The van der Waals surface area contributed by atoms with Crippen LogP contribution in [-0.2, 0) is 16.1 Å². The second kappa shape index (κ2) is 13.3. The van der Waals surface area contributed by atoms with Crippen LogP contribution in [0.5, 0.6) is 0 Å². The normalized spacial score (nSPS) is 20.1. The maximum atomic E-state index is 15.0. The number of anilines is 2. The van der Waals surface area contributed by atoms with Crippen LogP contribution in [0.1, 0.15) is 29.3 Å². The fraction of sp³-hybridized carbons (Fsp3) is 0.481. The van der Waals surface area contributed by atoms with E-state index >= 15 is 0 Å². The molecule has 2 saturated heterocycles. The first kappa shape index (κ1) is 30.9. The fourth-order valence-corrected chi connectivity index (χ4v) is 5.02. The number of carbonyl (C=O) groups excluding carboxylic acids is 2. The second-order valence-corrected chi connectivity index (χ2v) is 10.5. The van der Waals surface area contributed by atoms with E-state index in [2.05, 4.69) is 16.0 Å². The Morgan fingerprint density at radius 1 is 1.15 bits per heavy atom. The van der Waals surface area contributed by atoms with Crippen molar-refractivity contribution in [1.82, 2.24) is 15.5 Å². The molecule has 224 valence electrons. The summed E-state index contributed by atoms with van der Waals surface area (Å²) in [5, 5.41) is 8.47. The van der Waals surface area contributed by atoms with E-state index in [-0.39, 0.29) is 37.0 Å². The topological polar surface area (TPSA) is 85.9 Å². The number of piperazine rings is 1. The summed E-state index contributed by atoms with van der Waals surface area (Å²) in [5.74, 6) is -3.95. The van der Waals surface area contributed by atoms with Crippen LogP contribution in [0.15, 0.2) is 30.3 Å². The lowest BCUT2D eigenvalue weighted by molar-refractivity contribution is -0.138. The number of carbonyl (C=O) groups is 2. The van der Waals surface area contributed by atoms with Gasteiger partial charge in [-0.25, -0.2) is 8.78 Å². The average molecular weight is 604 g/mol. The van der Waals surface area contributed by atoms with Gasteiger partial charge in [0.05, 0.1) is 36.6 Å². The molecule has 2 fully saturated rings. The van der Waals surface area contributed by atoms with E-state index in [0.717, 1.165) is 6.07 Å². The van der Waals surface area contributed by atoms with E-state index in [4.69, 9.17) is 16.3 Å². The molecule has 2 heterocycles. The lowest BCUT2D eigenvalue weighted by Gasteiger charge is -2.42. The van der Waals surface area contributed by atoms with Gasteiger partial charge in [0.25, 0.3) is 5.91 Å². The van der Waals surface area contributed by atoms with Crippen molar-refractivity contribution in [2.75, 3.05) is 56.2 Å². The molecule has 2 aromatic carbocycles. The summed E-state index contributed by atoms with van der Waals surface area (Å²) in [6.45, 7) is 3.68. The molecule has 4 rings (SSSR count). The predicted molar refractivity (Wildman–Crippen MR) is 144 cm³/mol. The van der Waals surface area contributed by atoms with Gasteiger partial charge in [0, 0.05) is 55.9 Å². The van der Waals surface area contributed by atoms with Crippen molar-refractivity contribution in [3.05, 3.63) is 58.1 Å². The van der Waals surface area contributed by atoms with E-state index in [9.17, 15) is 31.5 Å². The molecule has 2 aliphatic heterocycles. The predicted octanol–water partition coefficient (Wildman–Crippen LogP) is 3.94. The Hall–Kier alpha value is -3.00. The van der Waals surface area contributed by atoms with E-state index in [1.54, 1.807) is 11.0 Å². The molecule has 14 heteroatoms. The zero-order valence-corrected chi connectivity index (χ0v) is 23.0. The standard InChI is InChI=1S/C27H31ClF5N5O3/c1-16-14-37(8-6-27(31,32)33)9-10-38(16)22-12-18(28)3-5-20(22)36-25(39)19-4-2-17(23(29)24(19)30)13-35-26(40)21-15-41-11-7-34-21/h2-5,12,16,21,34H,6-11,13-15H2,1H3,(H,35,40)(H,36,39)/t16-,21+/m1/s1. The highest BCUT2D eigenvalue weighted by molar-refractivity contribution is 6.31. The van der Waals surface area contributed by atoms with Crippen molar-refractivity contribution in [2.24, 2.45) is 0 Å². The number of morpholine rings is 1. The number of nitrogens with one attached hydrogen (secondary N) is 3. The minimum Gasteiger partial charge on any atom is -0.378 e. The van der Waals surface area contributed by atoms with Gasteiger partial charge in [-0.1, -0.05) is 17.7 Å². The molecule has 3 N–H and O–H groups in total. The number of amides is 2. The highest BCUT2D eigenvalue weighted by atomic mass is 35.5. The van der Waals surface area contributed by atoms with Gasteiger partial charge in [0.15, 0.2) is 11.6 Å². The summed E-state index contributed by atoms with van der Waals surface area (Å²) in [4.78, 5) is 28.9. The third-order valence-corrected chi connectivity index (χ3v) is 7.27. The molecule has 2 aliphatic rings. The number of benzene rings is 2. The zero-order chi connectivity index (χ0) is 29.7. The molecule has 41 heavy (non-hydrogen) atoms. The number of rotatable bonds is 8. The van der Waals surface area contributed by atoms with Crippen LogP contribution in [0, 0.1) is 11.6 Å². The minimum atomic E-state index is -4.24. The molecule has 0 bridgehead atoms. The number of alkyl halides is 3. The molecule has 0 aromatic heterocycles. The summed E-state index contributed by atoms with van der Waals surface area (Å²) in [6.07, 6.45) is -5.15. The minimum absolute atomic E-state index is 0.114. The van der Waals surface area contributed by atoms with Gasteiger partial charge in [-0.05, 0) is 31.2 Å². The molecule has 0 saturated carbocycles. The van der Waals surface area contributed by atoms with Crippen LogP contribution in [0.25, 0.3) is 0 Å². The molecule has 0 radical (unpaired) electrons. The van der Waals surface area contributed by atoms with Gasteiger partial charge in [-0.2, -0.15) is 13.2 Å². The monoisotopic (exact) mass is 603 g/mol. The number of halogens is 6. The number of nitrogens with zero attached hydrogens (tertiary/aromatic N) is 2. The van der Waals surface area contributed by atoms with Crippen molar-refractivity contribution in [3.8, 4) is 0 Å². The van der Waals surface area contributed by atoms with Crippen molar-refractivity contribution in [3.63, 3.8) is 0 Å². The Morgan fingerprint density at radius 2 is 1.93 bits per heavy atom. The maximum Gasteiger partial charge on any atom is 0.390 e. The summed E-state index contributed by atoms with van der Waals surface area (Å²) in [7, 11) is 0. The van der Waals surface area contributed by atoms with Gasteiger partial charge < -0.3 is 25.6 Å². The average Bonchev–Trinajstić information content (AvgIpc) is 2.93. The zero-order valence-electron chi connectivity index (χ0n) is 22.3. The van der Waals surface area contributed by atoms with Gasteiger partial charge in [-0.3, -0.25) is 14.5 Å². The van der Waals surface area contributed by atoms with Gasteiger partial charge in [0.1, 0.15) is 6.04 Å². The maximum absolute atomic E-state index is 15.0. The molecule has 2 aromatic rings. The quantitative estimate of drug-likeness (QED) is 0.397. The van der Waals surface area contributed by atoms with Crippen LogP contribution in [0.3, 0.4) is 0 Å². The summed E-state index contributed by atoms with van der Waals surface area (Å²) >= 11 is 6.21. The van der Waals surface area contributed by atoms with E-state index in [0.29, 0.717) is 43.5 Å². The molecule has 8 nitrogen and oxygen atoms in total. The van der Waals surface area contributed by atoms with E-state index in [1.165, 1.54) is 18.2 Å². The molecule has 2 amide bonds. The molecule has 0 unspecified atom stereocenters. The molecule has 2 atom stereocenters. The van der Waals surface area contributed by atoms with Crippen LogP contribution >= 0.6 is 11.6 Å². The number of ether oxygens (including phenoxy) is 1. The Bertz CT molecular complexity index is 1260. The Balaban J connectivity index is 1.43. The largest absolute Gasteiger partial charge is 0.390 e. The highest BCUT2D eigenvalue weighted by Crippen LogP contribution is 2.33. The Labute approximate surface area is 239 Å². The van der Waals surface area contributed by atoms with Gasteiger partial charge in [0.2, 0.25) is 5.91 Å². The first-order valence-electron chi connectivity index (χ1n) is 13.2. The van der Waals surface area contributed by atoms with Crippen LogP contribution in [-0.4, -0.2) is 80.9 Å². The smallest absolute Gasteiger partial charge is 0.378 e. The van der Waals surface area contributed by atoms with Crippen LogP contribution < -0.4 is 20.9 Å². The van der Waals surface area contributed by atoms with Crippen molar-refractivity contribution < 1.29 is 36.3 Å². The molecule has 0 aliphatic carbocycles. The number of hydrogen-bond acceptors (Lipinski definition) is 6. The molecular weight excluding hydrogens is 573 g/mol. The summed E-state index contributed by atoms with van der Waals surface area (Å²) in [6, 6.07) is 6.21. The SMILES string of the molecule is C[C@@H]1CN(CCC(F)(F)F)CCN1c1cc(Cl)ccc1NC(=O)c1ccc(CNC(=O)[C@@H]2COCCN2)c(F)c1F. The molecular formula is C27H31ClF5N5O3. The second-order valence-electron chi connectivity index (χ2n) is 10.0. The fourth-order valence-electron chi connectivity index (χ4n) is 4.86. The van der Waals surface area contributed by atoms with Crippen LogP contribution in [0.4, 0.5) is 33.3 Å². The van der Waals surface area contributed by atoms with E-state index < -0.39 is 47.7 Å². The van der Waals surface area contributed by atoms with Gasteiger partial charge in [-0.15, -0.1) is 0 Å². The lowest BCUT2D eigenvalue weighted by atomic mass is 10.1. The highest BCUT2D eigenvalue weighted by Gasteiger charge is 2.31. The van der Waals surface area contributed by atoms with Crippen molar-refractivity contribution >= 4 is 34.8 Å². The van der Waals surface area contributed by atoms with Crippen molar-refractivity contribution in [1.29, 1.82) is 0 Å².